The van der Waals surface area contributed by atoms with Crippen LogP contribution in [0.1, 0.15) is 25.3 Å². The first kappa shape index (κ1) is 11.5. The number of hydrogen-bond donors (Lipinski definition) is 1. The summed E-state index contributed by atoms with van der Waals surface area (Å²) < 4.78 is 13.5. The maximum absolute atomic E-state index is 13.1. The van der Waals surface area contributed by atoms with Crippen LogP contribution >= 0.6 is 15.9 Å². The summed E-state index contributed by atoms with van der Waals surface area (Å²) in [7, 11) is 0. The summed E-state index contributed by atoms with van der Waals surface area (Å²) in [5, 5.41) is 9.28. The van der Waals surface area contributed by atoms with Crippen LogP contribution in [-0.2, 0) is 10.2 Å². The topological polar surface area (TPSA) is 50.2 Å². The van der Waals surface area contributed by atoms with Gasteiger partial charge < -0.3 is 5.11 Å². The number of nitrogens with zero attached hydrogens (tertiary/aromatic N) is 1. The average molecular weight is 288 g/mol. The molecule has 1 aliphatic carbocycles. The van der Waals surface area contributed by atoms with E-state index >= 15 is 0 Å². The van der Waals surface area contributed by atoms with Crippen molar-refractivity contribution in [2.75, 3.05) is 0 Å². The van der Waals surface area contributed by atoms with Gasteiger partial charge in [-0.3, -0.25) is 4.79 Å². The zero-order valence-electron chi connectivity index (χ0n) is 8.70. The fourth-order valence-electron chi connectivity index (χ4n) is 2.40. The molecule has 0 spiro atoms. The van der Waals surface area contributed by atoms with Crippen molar-refractivity contribution in [1.29, 1.82) is 0 Å². The summed E-state index contributed by atoms with van der Waals surface area (Å²) in [5.74, 6) is -1.17. The minimum absolute atomic E-state index is 0.336. The highest BCUT2D eigenvalue weighted by Crippen LogP contribution is 2.48. The number of carbonyl (C=O) groups is 1. The summed E-state index contributed by atoms with van der Waals surface area (Å²) in [4.78, 5) is 14.9. The first-order chi connectivity index (χ1) is 7.44. The Morgan fingerprint density at radius 1 is 1.62 bits per heavy atom. The Morgan fingerprint density at radius 2 is 2.25 bits per heavy atom. The van der Waals surface area contributed by atoms with Crippen LogP contribution in [0.15, 0.2) is 16.7 Å². The quantitative estimate of drug-likeness (QED) is 0.851. The van der Waals surface area contributed by atoms with Crippen LogP contribution in [0.3, 0.4) is 0 Å². The van der Waals surface area contributed by atoms with E-state index in [-0.39, 0.29) is 0 Å². The summed E-state index contributed by atoms with van der Waals surface area (Å²) in [6, 6.07) is 2.80. The molecule has 1 N–H and O–H groups in total. The van der Waals surface area contributed by atoms with E-state index in [1.807, 2.05) is 6.92 Å². The van der Waals surface area contributed by atoms with E-state index in [9.17, 15) is 14.3 Å². The van der Waals surface area contributed by atoms with E-state index in [2.05, 4.69) is 20.9 Å². The van der Waals surface area contributed by atoms with Gasteiger partial charge in [-0.05, 0) is 52.4 Å². The smallest absolute Gasteiger partial charge is 0.314 e. The first-order valence-electron chi connectivity index (χ1n) is 5.01. The number of carboxylic acids is 1. The maximum atomic E-state index is 13.1. The van der Waals surface area contributed by atoms with Gasteiger partial charge in [-0.1, -0.05) is 6.92 Å². The van der Waals surface area contributed by atoms with Crippen molar-refractivity contribution in [1.82, 2.24) is 4.98 Å². The summed E-state index contributed by atoms with van der Waals surface area (Å²) in [6.45, 7) is 1.99. The van der Waals surface area contributed by atoms with Gasteiger partial charge >= 0.3 is 5.97 Å². The summed E-state index contributed by atoms with van der Waals surface area (Å²) in [6.07, 6.45) is 1.11. The van der Waals surface area contributed by atoms with Crippen LogP contribution in [-0.4, -0.2) is 16.1 Å². The molecule has 0 saturated heterocycles. The van der Waals surface area contributed by atoms with Crippen LogP contribution < -0.4 is 0 Å². The second-order valence-corrected chi connectivity index (χ2v) is 5.21. The molecular formula is C11H11BrFNO2. The Bertz CT molecular complexity index is 423. The number of carboxylic acid groups (broad SMARTS) is 1. The van der Waals surface area contributed by atoms with Gasteiger partial charge in [-0.15, -0.1) is 0 Å². The lowest BCUT2D eigenvalue weighted by atomic mass is 9.59. The van der Waals surface area contributed by atoms with Gasteiger partial charge in [0.15, 0.2) is 0 Å². The molecule has 1 fully saturated rings. The fraction of sp³-hybridized carbons (Fsp3) is 0.455. The van der Waals surface area contributed by atoms with Gasteiger partial charge in [-0.25, -0.2) is 4.98 Å². The lowest BCUT2D eigenvalue weighted by Gasteiger charge is -2.43. The van der Waals surface area contributed by atoms with Crippen LogP contribution in [0.5, 0.6) is 0 Å². The molecule has 1 aromatic heterocycles. The van der Waals surface area contributed by atoms with Crippen LogP contribution in [0.25, 0.3) is 0 Å². The zero-order chi connectivity index (χ0) is 11.9. The Morgan fingerprint density at radius 3 is 2.69 bits per heavy atom. The second-order valence-electron chi connectivity index (χ2n) is 4.40. The highest BCUT2D eigenvalue weighted by atomic mass is 79.9. The number of aliphatic carboxylic acids is 1. The van der Waals surface area contributed by atoms with E-state index < -0.39 is 17.3 Å². The lowest BCUT2D eigenvalue weighted by Crippen LogP contribution is -2.47. The zero-order valence-corrected chi connectivity index (χ0v) is 10.3. The molecular weight excluding hydrogens is 277 g/mol. The van der Waals surface area contributed by atoms with Gasteiger partial charge in [0.05, 0.1) is 5.41 Å². The Labute approximate surface area is 101 Å². The Kier molecular flexibility index (Phi) is 2.74. The van der Waals surface area contributed by atoms with E-state index in [1.54, 1.807) is 6.07 Å². The van der Waals surface area contributed by atoms with Crippen molar-refractivity contribution in [3.05, 3.63) is 28.2 Å². The predicted octanol–water partition coefficient (Wildman–Crippen LogP) is 2.74. The van der Waals surface area contributed by atoms with Gasteiger partial charge in [-0.2, -0.15) is 4.39 Å². The SMILES string of the molecule is CC1CC(C(=O)O)(c2cc(F)nc(Br)c2)C1. The minimum Gasteiger partial charge on any atom is -0.481 e. The molecule has 1 aromatic rings. The monoisotopic (exact) mass is 287 g/mol. The van der Waals surface area contributed by atoms with Crippen molar-refractivity contribution in [2.24, 2.45) is 5.92 Å². The molecule has 3 nitrogen and oxygen atoms in total. The molecule has 0 bridgehead atoms. The molecule has 1 aliphatic rings. The molecule has 0 aliphatic heterocycles. The van der Waals surface area contributed by atoms with Gasteiger partial charge in [0.25, 0.3) is 0 Å². The summed E-state index contributed by atoms with van der Waals surface area (Å²) in [5.41, 5.74) is -0.427. The maximum Gasteiger partial charge on any atom is 0.314 e. The number of rotatable bonds is 2. The lowest BCUT2D eigenvalue weighted by molar-refractivity contribution is -0.149. The highest BCUT2D eigenvalue weighted by molar-refractivity contribution is 9.10. The standard InChI is InChI=1S/C11H11BrFNO2/c1-6-4-11(5-6,10(15)16)7-2-8(12)14-9(13)3-7/h2-3,6H,4-5H2,1H3,(H,15,16). The molecule has 1 heterocycles. The molecule has 16 heavy (non-hydrogen) atoms. The number of pyridine rings is 1. The van der Waals surface area contributed by atoms with Gasteiger partial charge in [0, 0.05) is 0 Å². The minimum atomic E-state index is -0.925. The third-order valence-electron chi connectivity index (χ3n) is 3.12. The third-order valence-corrected chi connectivity index (χ3v) is 3.52. The van der Waals surface area contributed by atoms with Crippen LogP contribution in [0.4, 0.5) is 4.39 Å². The molecule has 2 rings (SSSR count). The van der Waals surface area contributed by atoms with E-state index in [4.69, 9.17) is 0 Å². The molecule has 5 heteroatoms. The molecule has 0 radical (unpaired) electrons. The largest absolute Gasteiger partial charge is 0.481 e. The Hall–Kier alpha value is -0.970. The van der Waals surface area contributed by atoms with Crippen molar-refractivity contribution >= 4 is 21.9 Å². The number of halogens is 2. The number of hydrogen-bond acceptors (Lipinski definition) is 2. The molecule has 1 saturated carbocycles. The van der Waals surface area contributed by atoms with E-state index in [1.165, 1.54) is 6.07 Å². The van der Waals surface area contributed by atoms with E-state index in [0.717, 1.165) is 0 Å². The molecule has 0 aromatic carbocycles. The van der Waals surface area contributed by atoms with Crippen molar-refractivity contribution in [3.63, 3.8) is 0 Å². The molecule has 0 unspecified atom stereocenters. The van der Waals surface area contributed by atoms with Gasteiger partial charge in [0.1, 0.15) is 4.60 Å². The number of aromatic nitrogens is 1. The third kappa shape index (κ3) is 1.73. The van der Waals surface area contributed by atoms with Crippen LogP contribution in [0.2, 0.25) is 0 Å². The predicted molar refractivity (Wildman–Crippen MR) is 59.6 cm³/mol. The van der Waals surface area contributed by atoms with E-state index in [0.29, 0.717) is 28.9 Å². The molecule has 0 amide bonds. The average Bonchev–Trinajstić information content (AvgIpc) is 2.10. The normalized spacial score (nSPS) is 28.6. The highest BCUT2D eigenvalue weighted by Gasteiger charge is 2.50. The van der Waals surface area contributed by atoms with Gasteiger partial charge in [0.2, 0.25) is 5.95 Å². The second kappa shape index (κ2) is 3.80. The van der Waals surface area contributed by atoms with Crippen molar-refractivity contribution in [2.45, 2.75) is 25.2 Å². The van der Waals surface area contributed by atoms with Crippen molar-refractivity contribution in [3.8, 4) is 0 Å². The summed E-state index contributed by atoms with van der Waals surface area (Å²) >= 11 is 3.08. The first-order valence-corrected chi connectivity index (χ1v) is 5.80. The molecule has 86 valence electrons. The Balaban J connectivity index is 2.45. The fourth-order valence-corrected chi connectivity index (χ4v) is 2.82. The van der Waals surface area contributed by atoms with Crippen LogP contribution in [0, 0.1) is 11.9 Å². The van der Waals surface area contributed by atoms with Crippen molar-refractivity contribution < 1.29 is 14.3 Å². The molecule has 0 atom stereocenters.